The molecule has 0 bridgehead atoms. The van der Waals surface area contributed by atoms with E-state index in [2.05, 4.69) is 25.3 Å². The van der Waals surface area contributed by atoms with Crippen LogP contribution in [0.15, 0.2) is 45.0 Å². The lowest BCUT2D eigenvalue weighted by Gasteiger charge is -2.26. The molecule has 8 heteroatoms. The van der Waals surface area contributed by atoms with E-state index in [0.717, 1.165) is 11.1 Å². The first-order valence-electron chi connectivity index (χ1n) is 7.32. The van der Waals surface area contributed by atoms with Crippen LogP contribution in [0.2, 0.25) is 0 Å². The number of aromatic amines is 3. The van der Waals surface area contributed by atoms with Gasteiger partial charge in [-0.1, -0.05) is 29.8 Å². The van der Waals surface area contributed by atoms with Gasteiger partial charge >= 0.3 is 5.69 Å². The van der Waals surface area contributed by atoms with Gasteiger partial charge in [0.2, 0.25) is 0 Å². The minimum atomic E-state index is -0.630. The van der Waals surface area contributed by atoms with Gasteiger partial charge in [-0.3, -0.25) is 19.6 Å². The number of fused-ring (bicyclic) bond motifs is 2. The summed E-state index contributed by atoms with van der Waals surface area (Å²) in [6, 6.07) is 7.52. The monoisotopic (exact) mass is 323 g/mol. The van der Waals surface area contributed by atoms with E-state index in [1.165, 1.54) is 6.33 Å². The van der Waals surface area contributed by atoms with Crippen molar-refractivity contribution in [2.45, 2.75) is 12.8 Å². The second kappa shape index (κ2) is 5.05. The molecule has 1 aromatic carbocycles. The molecule has 0 fully saturated rings. The lowest BCUT2D eigenvalue weighted by Crippen LogP contribution is -2.34. The SMILES string of the molecule is Cc1ccc(C2c3c(nc[nH]c3=O)Nc3[nH]c(=O)[nH]c(=O)c32)cc1. The molecule has 0 aliphatic carbocycles. The van der Waals surface area contributed by atoms with Crippen LogP contribution in [-0.4, -0.2) is 19.9 Å². The van der Waals surface area contributed by atoms with Gasteiger partial charge in [-0.05, 0) is 12.5 Å². The van der Waals surface area contributed by atoms with E-state index >= 15 is 0 Å². The van der Waals surface area contributed by atoms with Crippen molar-refractivity contribution in [3.8, 4) is 0 Å². The van der Waals surface area contributed by atoms with Crippen LogP contribution in [-0.2, 0) is 0 Å². The van der Waals surface area contributed by atoms with Crippen molar-refractivity contribution in [3.63, 3.8) is 0 Å². The van der Waals surface area contributed by atoms with Crippen LogP contribution in [0, 0.1) is 6.92 Å². The number of anilines is 2. The van der Waals surface area contributed by atoms with Crippen LogP contribution < -0.4 is 22.1 Å². The van der Waals surface area contributed by atoms with Crippen molar-refractivity contribution in [1.29, 1.82) is 0 Å². The van der Waals surface area contributed by atoms with Gasteiger partial charge in [0.25, 0.3) is 11.1 Å². The minimum Gasteiger partial charge on any atom is -0.326 e. The van der Waals surface area contributed by atoms with Gasteiger partial charge in [-0.25, -0.2) is 9.78 Å². The predicted octanol–water partition coefficient (Wildman–Crippen LogP) is 0.692. The third-order valence-electron chi connectivity index (χ3n) is 4.10. The maximum atomic E-state index is 12.4. The summed E-state index contributed by atoms with van der Waals surface area (Å²) in [6.07, 6.45) is 1.27. The standard InChI is InChI=1S/C16H13N5O3/c1-7-2-4-8(5-3-7)9-10-12(17-6-18-14(10)22)19-13-11(9)15(23)21-16(24)20-13/h2-6,9H,1H3,(H4,17,18,19,20,21,22,23,24). The molecule has 120 valence electrons. The molecule has 4 rings (SSSR count). The molecule has 24 heavy (non-hydrogen) atoms. The topological polar surface area (TPSA) is 123 Å². The summed E-state index contributed by atoms with van der Waals surface area (Å²) in [5.41, 5.74) is 0.942. The quantitative estimate of drug-likeness (QED) is 0.410. The Bertz CT molecular complexity index is 1110. The summed E-state index contributed by atoms with van der Waals surface area (Å²) < 4.78 is 0. The Balaban J connectivity index is 2.08. The Morgan fingerprint density at radius 2 is 1.71 bits per heavy atom. The predicted molar refractivity (Wildman–Crippen MR) is 87.9 cm³/mol. The molecule has 2 aromatic heterocycles. The highest BCUT2D eigenvalue weighted by molar-refractivity contribution is 5.69. The zero-order valence-electron chi connectivity index (χ0n) is 12.6. The summed E-state index contributed by atoms with van der Waals surface area (Å²) >= 11 is 0. The fourth-order valence-corrected chi connectivity index (χ4v) is 3.00. The Kier molecular flexibility index (Phi) is 2.99. The minimum absolute atomic E-state index is 0.250. The summed E-state index contributed by atoms with van der Waals surface area (Å²) in [6.45, 7) is 1.95. The van der Waals surface area contributed by atoms with Crippen molar-refractivity contribution in [2.75, 3.05) is 5.32 Å². The van der Waals surface area contributed by atoms with Crippen LogP contribution in [0.3, 0.4) is 0 Å². The highest BCUT2D eigenvalue weighted by atomic mass is 16.2. The zero-order chi connectivity index (χ0) is 16.8. The van der Waals surface area contributed by atoms with E-state index in [0.29, 0.717) is 11.4 Å². The number of hydrogen-bond acceptors (Lipinski definition) is 5. The van der Waals surface area contributed by atoms with Gasteiger partial charge in [-0.15, -0.1) is 0 Å². The molecule has 0 spiro atoms. The molecular weight excluding hydrogens is 310 g/mol. The third kappa shape index (κ3) is 2.08. The molecule has 1 aliphatic rings. The molecule has 3 aromatic rings. The van der Waals surface area contributed by atoms with E-state index in [-0.39, 0.29) is 16.9 Å². The number of hydrogen-bond donors (Lipinski definition) is 4. The number of rotatable bonds is 1. The van der Waals surface area contributed by atoms with E-state index < -0.39 is 17.2 Å². The Labute approximate surface area is 134 Å². The molecule has 0 radical (unpaired) electrons. The van der Waals surface area contributed by atoms with Crippen LogP contribution in [0.4, 0.5) is 11.6 Å². The molecule has 1 atom stereocenters. The van der Waals surface area contributed by atoms with E-state index in [1.807, 2.05) is 31.2 Å². The number of benzene rings is 1. The van der Waals surface area contributed by atoms with Crippen LogP contribution >= 0.6 is 0 Å². The van der Waals surface area contributed by atoms with Crippen molar-refractivity contribution >= 4 is 11.6 Å². The number of aryl methyl sites for hydroxylation is 1. The van der Waals surface area contributed by atoms with Crippen LogP contribution in [0.25, 0.3) is 0 Å². The first-order valence-corrected chi connectivity index (χ1v) is 7.32. The van der Waals surface area contributed by atoms with Crippen molar-refractivity contribution in [2.24, 2.45) is 0 Å². The lowest BCUT2D eigenvalue weighted by atomic mass is 9.84. The lowest BCUT2D eigenvalue weighted by molar-refractivity contribution is 0.854. The van der Waals surface area contributed by atoms with Gasteiger partial charge in [0.1, 0.15) is 11.6 Å². The normalized spacial score (nSPS) is 15.3. The van der Waals surface area contributed by atoms with Crippen LogP contribution in [0.5, 0.6) is 0 Å². The maximum Gasteiger partial charge on any atom is 0.327 e. The Morgan fingerprint density at radius 3 is 2.46 bits per heavy atom. The molecule has 4 N–H and O–H groups in total. The second-order valence-electron chi connectivity index (χ2n) is 5.66. The second-order valence-corrected chi connectivity index (χ2v) is 5.66. The first-order chi connectivity index (χ1) is 11.5. The molecule has 0 amide bonds. The average molecular weight is 323 g/mol. The number of nitrogens with zero attached hydrogens (tertiary/aromatic N) is 1. The fourth-order valence-electron chi connectivity index (χ4n) is 3.00. The fraction of sp³-hybridized carbons (Fsp3) is 0.125. The van der Waals surface area contributed by atoms with Crippen molar-refractivity contribution in [1.82, 2.24) is 19.9 Å². The highest BCUT2D eigenvalue weighted by Crippen LogP contribution is 2.38. The smallest absolute Gasteiger partial charge is 0.326 e. The molecule has 0 saturated carbocycles. The van der Waals surface area contributed by atoms with E-state index in [9.17, 15) is 14.4 Å². The first kappa shape index (κ1) is 14.2. The largest absolute Gasteiger partial charge is 0.327 e. The van der Waals surface area contributed by atoms with Crippen molar-refractivity contribution in [3.05, 3.63) is 84.0 Å². The molecule has 1 aliphatic heterocycles. The molecular formula is C16H13N5O3. The summed E-state index contributed by atoms with van der Waals surface area (Å²) in [4.78, 5) is 47.8. The van der Waals surface area contributed by atoms with Crippen molar-refractivity contribution < 1.29 is 0 Å². The van der Waals surface area contributed by atoms with E-state index in [1.54, 1.807) is 0 Å². The number of nitrogens with one attached hydrogen (secondary N) is 4. The average Bonchev–Trinajstić information content (AvgIpc) is 2.54. The third-order valence-corrected chi connectivity index (χ3v) is 4.10. The Morgan fingerprint density at radius 1 is 0.958 bits per heavy atom. The van der Waals surface area contributed by atoms with Gasteiger partial charge in [0, 0.05) is 0 Å². The Hall–Kier alpha value is -3.42. The number of aromatic nitrogens is 4. The molecule has 1 unspecified atom stereocenters. The molecule has 3 heterocycles. The van der Waals surface area contributed by atoms with E-state index in [4.69, 9.17) is 0 Å². The maximum absolute atomic E-state index is 12.4. The molecule has 8 nitrogen and oxygen atoms in total. The summed E-state index contributed by atoms with van der Waals surface area (Å²) in [5, 5.41) is 2.87. The van der Waals surface area contributed by atoms with Gasteiger partial charge < -0.3 is 10.3 Å². The van der Waals surface area contributed by atoms with Gasteiger partial charge in [-0.2, -0.15) is 0 Å². The highest BCUT2D eigenvalue weighted by Gasteiger charge is 2.33. The summed E-state index contributed by atoms with van der Waals surface area (Å²) in [5.74, 6) is -0.0621. The summed E-state index contributed by atoms with van der Waals surface area (Å²) in [7, 11) is 0. The number of H-pyrrole nitrogens is 3. The molecule has 0 saturated heterocycles. The van der Waals surface area contributed by atoms with Crippen LogP contribution in [0.1, 0.15) is 28.2 Å². The zero-order valence-corrected chi connectivity index (χ0v) is 12.6. The van der Waals surface area contributed by atoms with Gasteiger partial charge in [0.15, 0.2) is 0 Å². The van der Waals surface area contributed by atoms with Gasteiger partial charge in [0.05, 0.1) is 23.4 Å².